The molecule has 4 nitrogen and oxygen atoms in total. The number of thioether (sulfide) groups is 1. The Balaban J connectivity index is 2.06. The maximum absolute atomic E-state index is 5.11. The number of nitrogens with zero attached hydrogens (tertiary/aromatic N) is 1. The Labute approximate surface area is 100 Å². The topological polar surface area (TPSA) is 46.2 Å². The molecular weight excluding hydrogens is 222 g/mol. The number of rotatable bonds is 4. The van der Waals surface area contributed by atoms with E-state index in [1.807, 2.05) is 23.9 Å². The van der Waals surface area contributed by atoms with Gasteiger partial charge < -0.3 is 15.4 Å². The van der Waals surface area contributed by atoms with Crippen LogP contribution in [-0.4, -0.2) is 36.7 Å². The zero-order valence-corrected chi connectivity index (χ0v) is 10.4. The molecule has 16 heavy (non-hydrogen) atoms. The lowest BCUT2D eigenvalue weighted by Gasteiger charge is -2.27. The molecule has 1 aliphatic rings. The predicted octanol–water partition coefficient (Wildman–Crippen LogP) is 2.05. The van der Waals surface area contributed by atoms with Crippen LogP contribution < -0.4 is 15.4 Å². The van der Waals surface area contributed by atoms with E-state index in [2.05, 4.69) is 21.9 Å². The molecule has 0 saturated heterocycles. The third-order valence-corrected chi connectivity index (χ3v) is 3.27. The van der Waals surface area contributed by atoms with Gasteiger partial charge in [-0.05, 0) is 24.5 Å². The summed E-state index contributed by atoms with van der Waals surface area (Å²) in [5.74, 6) is 2.72. The highest BCUT2D eigenvalue weighted by Crippen LogP contribution is 2.27. The number of methoxy groups -OCH3 is 1. The lowest BCUT2D eigenvalue weighted by Crippen LogP contribution is -2.34. The normalized spacial score (nSPS) is 18.2. The smallest absolute Gasteiger partial charge is 0.215 e. The van der Waals surface area contributed by atoms with Crippen LogP contribution in [0.2, 0.25) is 0 Å². The van der Waals surface area contributed by atoms with Crippen LogP contribution in [0.3, 0.4) is 0 Å². The van der Waals surface area contributed by atoms with E-state index >= 15 is 0 Å². The van der Waals surface area contributed by atoms with E-state index in [-0.39, 0.29) is 0 Å². The molecule has 0 aromatic carbocycles. The lowest BCUT2D eigenvalue weighted by molar-refractivity contribution is 0.398. The maximum Gasteiger partial charge on any atom is 0.215 e. The average Bonchev–Trinajstić information content (AvgIpc) is 2.35. The highest BCUT2D eigenvalue weighted by atomic mass is 32.2. The highest BCUT2D eigenvalue weighted by molar-refractivity contribution is 7.98. The van der Waals surface area contributed by atoms with E-state index in [1.165, 1.54) is 5.75 Å². The summed E-state index contributed by atoms with van der Waals surface area (Å²) in [7, 11) is 1.64. The van der Waals surface area contributed by atoms with E-state index in [9.17, 15) is 0 Å². The van der Waals surface area contributed by atoms with Crippen LogP contribution in [0.15, 0.2) is 12.1 Å². The first-order chi connectivity index (χ1) is 7.83. The average molecular weight is 239 g/mol. The molecule has 88 valence electrons. The molecule has 5 heteroatoms. The second-order valence-corrected chi connectivity index (χ2v) is 4.74. The van der Waals surface area contributed by atoms with E-state index < -0.39 is 0 Å². The summed E-state index contributed by atoms with van der Waals surface area (Å²) in [6, 6.07) is 4.33. The first-order valence-electron chi connectivity index (χ1n) is 5.38. The molecule has 1 aromatic heterocycles. The van der Waals surface area contributed by atoms with Gasteiger partial charge in [-0.1, -0.05) is 0 Å². The monoisotopic (exact) mass is 239 g/mol. The van der Waals surface area contributed by atoms with Gasteiger partial charge in [-0.3, -0.25) is 0 Å². The second kappa shape index (κ2) is 5.30. The van der Waals surface area contributed by atoms with Crippen LogP contribution in [0.1, 0.15) is 6.42 Å². The Morgan fingerprint density at radius 2 is 2.44 bits per heavy atom. The summed E-state index contributed by atoms with van der Waals surface area (Å²) < 4.78 is 5.11. The van der Waals surface area contributed by atoms with Crippen molar-refractivity contribution >= 4 is 23.3 Å². The van der Waals surface area contributed by atoms with Crippen molar-refractivity contribution in [2.45, 2.75) is 12.5 Å². The van der Waals surface area contributed by atoms with Crippen molar-refractivity contribution in [2.24, 2.45) is 0 Å². The number of pyridine rings is 1. The number of nitrogens with one attached hydrogen (secondary N) is 2. The Bertz CT molecular complexity index is 359. The van der Waals surface area contributed by atoms with E-state index in [1.54, 1.807) is 7.11 Å². The van der Waals surface area contributed by atoms with Crippen LogP contribution in [-0.2, 0) is 0 Å². The largest absolute Gasteiger partial charge is 0.481 e. The van der Waals surface area contributed by atoms with Crippen LogP contribution in [0, 0.1) is 0 Å². The minimum atomic E-state index is 0.458. The summed E-state index contributed by atoms with van der Waals surface area (Å²) in [5.41, 5.74) is 1.06. The summed E-state index contributed by atoms with van der Waals surface area (Å²) >= 11 is 1.87. The van der Waals surface area contributed by atoms with Crippen LogP contribution in [0.5, 0.6) is 5.88 Å². The molecule has 0 amide bonds. The van der Waals surface area contributed by atoms with E-state index in [4.69, 9.17) is 4.74 Å². The standard InChI is InChI=1S/C11H17N3OS/c1-15-10-4-3-9-11(14-10)13-8(7-12-9)5-6-16-2/h3-4,8,12H,5-7H2,1-2H3,(H,13,14). The summed E-state index contributed by atoms with van der Waals surface area (Å²) in [6.07, 6.45) is 3.28. The molecule has 0 spiro atoms. The van der Waals surface area contributed by atoms with Crippen molar-refractivity contribution in [2.75, 3.05) is 36.3 Å². The SMILES string of the molecule is COc1ccc2c(n1)NC(CCSC)CN2. The second-order valence-electron chi connectivity index (χ2n) is 3.75. The lowest BCUT2D eigenvalue weighted by atomic mass is 10.1. The van der Waals surface area contributed by atoms with Gasteiger partial charge in [-0.25, -0.2) is 0 Å². The van der Waals surface area contributed by atoms with Gasteiger partial charge >= 0.3 is 0 Å². The van der Waals surface area contributed by atoms with Gasteiger partial charge in [0, 0.05) is 18.7 Å². The molecule has 1 atom stereocenters. The fourth-order valence-electron chi connectivity index (χ4n) is 1.72. The fraction of sp³-hybridized carbons (Fsp3) is 0.545. The van der Waals surface area contributed by atoms with Gasteiger partial charge in [0.05, 0.1) is 12.8 Å². The quantitative estimate of drug-likeness (QED) is 0.842. The van der Waals surface area contributed by atoms with Crippen LogP contribution in [0.25, 0.3) is 0 Å². The van der Waals surface area contributed by atoms with Gasteiger partial charge in [0.25, 0.3) is 0 Å². The Morgan fingerprint density at radius 1 is 1.56 bits per heavy atom. The Morgan fingerprint density at radius 3 is 3.19 bits per heavy atom. The van der Waals surface area contributed by atoms with E-state index in [0.29, 0.717) is 11.9 Å². The minimum absolute atomic E-state index is 0.458. The molecule has 0 saturated carbocycles. The number of fused-ring (bicyclic) bond motifs is 1. The number of aromatic nitrogens is 1. The molecule has 0 fully saturated rings. The molecule has 0 aliphatic carbocycles. The molecule has 1 aromatic rings. The van der Waals surface area contributed by atoms with Crippen molar-refractivity contribution < 1.29 is 4.74 Å². The Kier molecular flexibility index (Phi) is 3.77. The molecule has 2 heterocycles. The molecule has 1 unspecified atom stereocenters. The Hall–Kier alpha value is -1.10. The van der Waals surface area contributed by atoms with Crippen molar-refractivity contribution in [3.8, 4) is 5.88 Å². The number of hydrogen-bond acceptors (Lipinski definition) is 5. The molecule has 2 rings (SSSR count). The van der Waals surface area contributed by atoms with Gasteiger partial charge in [-0.15, -0.1) is 0 Å². The first-order valence-corrected chi connectivity index (χ1v) is 6.77. The summed E-state index contributed by atoms with van der Waals surface area (Å²) in [4.78, 5) is 4.39. The maximum atomic E-state index is 5.11. The molecule has 0 radical (unpaired) electrons. The molecule has 0 bridgehead atoms. The molecular formula is C11H17N3OS. The van der Waals surface area contributed by atoms with Crippen molar-refractivity contribution in [1.82, 2.24) is 4.98 Å². The third kappa shape index (κ3) is 2.52. The predicted molar refractivity (Wildman–Crippen MR) is 69.7 cm³/mol. The minimum Gasteiger partial charge on any atom is -0.481 e. The number of anilines is 2. The third-order valence-electron chi connectivity index (χ3n) is 2.63. The van der Waals surface area contributed by atoms with Gasteiger partial charge in [0.15, 0.2) is 5.82 Å². The van der Waals surface area contributed by atoms with Crippen molar-refractivity contribution in [3.63, 3.8) is 0 Å². The summed E-state index contributed by atoms with van der Waals surface area (Å²) in [5, 5.41) is 6.82. The molecule has 2 N–H and O–H groups in total. The van der Waals surface area contributed by atoms with Crippen molar-refractivity contribution in [1.29, 1.82) is 0 Å². The first kappa shape index (κ1) is 11.4. The van der Waals surface area contributed by atoms with Crippen LogP contribution in [0.4, 0.5) is 11.5 Å². The zero-order valence-electron chi connectivity index (χ0n) is 9.62. The number of hydrogen-bond donors (Lipinski definition) is 2. The van der Waals surface area contributed by atoms with Crippen LogP contribution >= 0.6 is 11.8 Å². The fourth-order valence-corrected chi connectivity index (χ4v) is 2.24. The van der Waals surface area contributed by atoms with E-state index in [0.717, 1.165) is 24.5 Å². The van der Waals surface area contributed by atoms with Gasteiger partial charge in [-0.2, -0.15) is 16.7 Å². The summed E-state index contributed by atoms with van der Waals surface area (Å²) in [6.45, 7) is 0.960. The zero-order chi connectivity index (χ0) is 11.4. The van der Waals surface area contributed by atoms with Gasteiger partial charge in [0.2, 0.25) is 5.88 Å². The number of ether oxygens (including phenoxy) is 1. The molecule has 1 aliphatic heterocycles. The van der Waals surface area contributed by atoms with Gasteiger partial charge in [0.1, 0.15) is 0 Å². The van der Waals surface area contributed by atoms with Crippen molar-refractivity contribution in [3.05, 3.63) is 12.1 Å². The highest BCUT2D eigenvalue weighted by Gasteiger charge is 2.18.